The van der Waals surface area contributed by atoms with Gasteiger partial charge in [0.05, 0.1) is 5.60 Å². The van der Waals surface area contributed by atoms with Crippen molar-refractivity contribution in [1.29, 1.82) is 0 Å². The highest BCUT2D eigenvalue weighted by atomic mass is 16.3. The van der Waals surface area contributed by atoms with E-state index in [1.807, 2.05) is 0 Å². The molecule has 5 nitrogen and oxygen atoms in total. The summed E-state index contributed by atoms with van der Waals surface area (Å²) in [6.45, 7) is 2.52. The predicted octanol–water partition coefficient (Wildman–Crippen LogP) is 1.09. The van der Waals surface area contributed by atoms with Crippen LogP contribution in [0.1, 0.15) is 43.1 Å². The number of nitrogens with one attached hydrogen (secondary N) is 1. The van der Waals surface area contributed by atoms with Crippen molar-refractivity contribution in [3.8, 4) is 0 Å². The molecule has 18 heavy (non-hydrogen) atoms. The molecule has 1 heterocycles. The average Bonchev–Trinajstić information content (AvgIpc) is 2.77. The molecular weight excluding hydrogens is 230 g/mol. The van der Waals surface area contributed by atoms with Crippen LogP contribution in [0.2, 0.25) is 0 Å². The zero-order valence-electron chi connectivity index (χ0n) is 11.0. The number of rotatable bonds is 3. The maximum absolute atomic E-state index is 11.8. The molecule has 0 atom stereocenters. The highest BCUT2D eigenvalue weighted by Gasteiger charge is 2.32. The highest BCUT2D eigenvalue weighted by molar-refractivity contribution is 5.92. The fraction of sp³-hybridized carbons (Fsp3) is 0.692. The second-order valence-electron chi connectivity index (χ2n) is 5.46. The Morgan fingerprint density at radius 3 is 2.83 bits per heavy atom. The van der Waals surface area contributed by atoms with Gasteiger partial charge in [0.1, 0.15) is 5.69 Å². The number of hydrogen-bond acceptors (Lipinski definition) is 3. The second kappa shape index (κ2) is 5.10. The van der Waals surface area contributed by atoms with Gasteiger partial charge in [0.25, 0.3) is 5.91 Å². The minimum Gasteiger partial charge on any atom is -0.388 e. The van der Waals surface area contributed by atoms with E-state index in [9.17, 15) is 9.90 Å². The van der Waals surface area contributed by atoms with Crippen LogP contribution in [0.5, 0.6) is 0 Å². The van der Waals surface area contributed by atoms with Gasteiger partial charge in [-0.15, -0.1) is 0 Å². The lowest BCUT2D eigenvalue weighted by Gasteiger charge is -2.34. The summed E-state index contributed by atoms with van der Waals surface area (Å²) in [6.07, 6.45) is 5.30. The van der Waals surface area contributed by atoms with Gasteiger partial charge in [-0.25, -0.2) is 0 Å². The van der Waals surface area contributed by atoms with Crippen LogP contribution in [0.3, 0.4) is 0 Å². The van der Waals surface area contributed by atoms with Crippen LogP contribution in [0, 0.1) is 5.92 Å². The second-order valence-corrected chi connectivity index (χ2v) is 5.46. The number of hydrogen-bond donors (Lipinski definition) is 2. The fourth-order valence-electron chi connectivity index (χ4n) is 2.35. The van der Waals surface area contributed by atoms with Gasteiger partial charge in [-0.1, -0.05) is 6.92 Å². The van der Waals surface area contributed by atoms with Gasteiger partial charge in [-0.05, 0) is 37.7 Å². The Balaban J connectivity index is 1.86. The monoisotopic (exact) mass is 251 g/mol. The molecule has 5 heteroatoms. The summed E-state index contributed by atoms with van der Waals surface area (Å²) in [7, 11) is 1.77. The molecule has 1 aliphatic rings. The Bertz CT molecular complexity index is 420. The van der Waals surface area contributed by atoms with Crippen LogP contribution in [0.4, 0.5) is 0 Å². The predicted molar refractivity (Wildman–Crippen MR) is 68.1 cm³/mol. The molecule has 0 unspecified atom stereocenters. The molecule has 0 bridgehead atoms. The molecule has 1 aromatic heterocycles. The molecule has 1 amide bonds. The number of nitrogens with zero attached hydrogens (tertiary/aromatic N) is 2. The van der Waals surface area contributed by atoms with E-state index in [1.54, 1.807) is 24.0 Å². The topological polar surface area (TPSA) is 67.2 Å². The van der Waals surface area contributed by atoms with E-state index in [4.69, 9.17) is 0 Å². The third-order valence-corrected chi connectivity index (χ3v) is 3.73. The zero-order valence-corrected chi connectivity index (χ0v) is 11.0. The maximum atomic E-state index is 11.8. The van der Waals surface area contributed by atoms with Gasteiger partial charge in [0.2, 0.25) is 0 Å². The van der Waals surface area contributed by atoms with E-state index < -0.39 is 5.60 Å². The number of aryl methyl sites for hydroxylation is 1. The maximum Gasteiger partial charge on any atom is 0.271 e. The molecule has 1 aromatic rings. The fourth-order valence-corrected chi connectivity index (χ4v) is 2.35. The van der Waals surface area contributed by atoms with Crippen molar-refractivity contribution >= 4 is 5.91 Å². The molecule has 1 saturated carbocycles. The third-order valence-electron chi connectivity index (χ3n) is 3.73. The average molecular weight is 251 g/mol. The standard InChI is InChI=1S/C13H21N3O2/c1-10-3-6-13(18,7-4-10)9-14-12(17)11-5-8-16(2)15-11/h5,8,10,18H,3-4,6-7,9H2,1-2H3,(H,14,17). The first kappa shape index (κ1) is 13.1. The van der Waals surface area contributed by atoms with E-state index in [1.165, 1.54) is 0 Å². The first-order chi connectivity index (χ1) is 8.48. The van der Waals surface area contributed by atoms with Crippen LogP contribution in [-0.2, 0) is 7.05 Å². The molecule has 0 radical (unpaired) electrons. The smallest absolute Gasteiger partial charge is 0.271 e. The van der Waals surface area contributed by atoms with Gasteiger partial charge >= 0.3 is 0 Å². The Labute approximate surface area is 107 Å². The minimum atomic E-state index is -0.739. The van der Waals surface area contributed by atoms with Crippen LogP contribution >= 0.6 is 0 Å². The van der Waals surface area contributed by atoms with Gasteiger partial charge in [-0.3, -0.25) is 9.48 Å². The van der Waals surface area contributed by atoms with Crippen molar-refractivity contribution in [2.24, 2.45) is 13.0 Å². The summed E-state index contributed by atoms with van der Waals surface area (Å²) in [5, 5.41) is 17.2. The molecule has 1 aliphatic carbocycles. The highest BCUT2D eigenvalue weighted by Crippen LogP contribution is 2.31. The van der Waals surface area contributed by atoms with Gasteiger partial charge in [0, 0.05) is 19.8 Å². The Morgan fingerprint density at radius 1 is 1.61 bits per heavy atom. The van der Waals surface area contributed by atoms with Crippen LogP contribution in [-0.4, -0.2) is 32.9 Å². The number of aliphatic hydroxyl groups is 1. The molecule has 0 aromatic carbocycles. The van der Waals surface area contributed by atoms with E-state index in [2.05, 4.69) is 17.3 Å². The summed E-state index contributed by atoms with van der Waals surface area (Å²) in [5.41, 5.74) is -0.345. The Hall–Kier alpha value is -1.36. The molecule has 2 N–H and O–H groups in total. The van der Waals surface area contributed by atoms with Crippen molar-refractivity contribution in [1.82, 2.24) is 15.1 Å². The molecule has 2 rings (SSSR count). The third kappa shape index (κ3) is 3.10. The summed E-state index contributed by atoms with van der Waals surface area (Å²) in [6, 6.07) is 1.67. The lowest BCUT2D eigenvalue weighted by atomic mass is 9.79. The van der Waals surface area contributed by atoms with Crippen LogP contribution in [0.25, 0.3) is 0 Å². The van der Waals surface area contributed by atoms with Gasteiger partial charge in [-0.2, -0.15) is 5.10 Å². The van der Waals surface area contributed by atoms with Crippen LogP contribution in [0.15, 0.2) is 12.3 Å². The largest absolute Gasteiger partial charge is 0.388 e. The molecule has 0 aliphatic heterocycles. The molecule has 0 saturated heterocycles. The normalized spacial score (nSPS) is 28.1. The number of carbonyl (C=O) groups excluding carboxylic acids is 1. The first-order valence-corrected chi connectivity index (χ1v) is 6.49. The van der Waals surface area contributed by atoms with Gasteiger partial charge in [0.15, 0.2) is 0 Å². The summed E-state index contributed by atoms with van der Waals surface area (Å²) in [4.78, 5) is 11.8. The van der Waals surface area contributed by atoms with Gasteiger partial charge < -0.3 is 10.4 Å². The van der Waals surface area contributed by atoms with E-state index in [0.717, 1.165) is 25.7 Å². The quantitative estimate of drug-likeness (QED) is 0.845. The van der Waals surface area contributed by atoms with Crippen LogP contribution < -0.4 is 5.32 Å². The number of aromatic nitrogens is 2. The summed E-state index contributed by atoms with van der Waals surface area (Å²) in [5.74, 6) is 0.458. The Morgan fingerprint density at radius 2 is 2.28 bits per heavy atom. The van der Waals surface area contributed by atoms with Crippen molar-refractivity contribution < 1.29 is 9.90 Å². The Kier molecular flexibility index (Phi) is 3.71. The zero-order chi connectivity index (χ0) is 13.2. The SMILES string of the molecule is CC1CCC(O)(CNC(=O)c2ccn(C)n2)CC1. The minimum absolute atomic E-state index is 0.220. The van der Waals surface area contributed by atoms with Crippen molar-refractivity contribution in [2.45, 2.75) is 38.2 Å². The van der Waals surface area contributed by atoms with Crippen molar-refractivity contribution in [3.05, 3.63) is 18.0 Å². The summed E-state index contributed by atoms with van der Waals surface area (Å²) < 4.78 is 1.59. The van der Waals surface area contributed by atoms with E-state index in [-0.39, 0.29) is 5.91 Å². The lowest BCUT2D eigenvalue weighted by Crippen LogP contribution is -2.45. The molecule has 0 spiro atoms. The van der Waals surface area contributed by atoms with Crippen molar-refractivity contribution in [2.75, 3.05) is 6.54 Å². The number of carbonyl (C=O) groups is 1. The number of amides is 1. The first-order valence-electron chi connectivity index (χ1n) is 6.49. The lowest BCUT2D eigenvalue weighted by molar-refractivity contribution is -0.00544. The summed E-state index contributed by atoms with van der Waals surface area (Å²) >= 11 is 0. The van der Waals surface area contributed by atoms with Crippen molar-refractivity contribution in [3.63, 3.8) is 0 Å². The molecular formula is C13H21N3O2. The van der Waals surface area contributed by atoms with E-state index in [0.29, 0.717) is 18.2 Å². The molecule has 1 fully saturated rings. The van der Waals surface area contributed by atoms with E-state index >= 15 is 0 Å². The molecule has 100 valence electrons.